The lowest BCUT2D eigenvalue weighted by Gasteiger charge is -2.39. The van der Waals surface area contributed by atoms with E-state index in [-0.39, 0.29) is 14.0 Å². The zero-order valence-electron chi connectivity index (χ0n) is 18.6. The summed E-state index contributed by atoms with van der Waals surface area (Å²) in [5, 5.41) is -4.26. The first-order valence-corrected chi connectivity index (χ1v) is 14.4. The Balaban J connectivity index is 1.98. The van der Waals surface area contributed by atoms with Crippen molar-refractivity contribution in [2.45, 2.75) is 31.6 Å². The van der Waals surface area contributed by atoms with Crippen molar-refractivity contribution < 1.29 is 38.4 Å². The van der Waals surface area contributed by atoms with Crippen molar-refractivity contribution >= 4 is 31.8 Å². The highest BCUT2D eigenvalue weighted by Crippen LogP contribution is 2.72. The topological polar surface area (TPSA) is 43.4 Å². The third-order valence-corrected chi connectivity index (χ3v) is 11.9. The van der Waals surface area contributed by atoms with Crippen molar-refractivity contribution in [1.82, 2.24) is 0 Å². The molecule has 0 bridgehead atoms. The molecule has 0 aliphatic heterocycles. The molecular weight excluding hydrogens is 558 g/mol. The van der Waals surface area contributed by atoms with E-state index in [0.717, 1.165) is 16.9 Å². The van der Waals surface area contributed by atoms with Crippen molar-refractivity contribution in [3.63, 3.8) is 0 Å². The molecule has 196 valence electrons. The fourth-order valence-electron chi connectivity index (χ4n) is 3.45. The Morgan fingerprint density at radius 3 is 1.62 bits per heavy atom. The van der Waals surface area contributed by atoms with E-state index in [2.05, 4.69) is 0 Å². The van der Waals surface area contributed by atoms with Crippen LogP contribution in [0.15, 0.2) is 116 Å². The van der Waals surface area contributed by atoms with Gasteiger partial charge in [0.05, 0.1) is 4.21 Å². The van der Waals surface area contributed by atoms with Gasteiger partial charge in [0.15, 0.2) is 0 Å². The molecular formula is C25H18F6O3S3. The van der Waals surface area contributed by atoms with Gasteiger partial charge in [-0.1, -0.05) is 66.7 Å². The smallest absolute Gasteiger partial charge is 0.229 e. The molecule has 4 aromatic rings. The average molecular weight is 577 g/mol. The maximum absolute atomic E-state index is 14.6. The van der Waals surface area contributed by atoms with E-state index in [4.69, 9.17) is 3.63 Å². The van der Waals surface area contributed by atoms with E-state index >= 15 is 0 Å². The lowest BCUT2D eigenvalue weighted by Crippen LogP contribution is -2.48. The summed E-state index contributed by atoms with van der Waals surface area (Å²) >= 11 is 0.993. The largest absolute Gasteiger partial charge is 0.426 e. The van der Waals surface area contributed by atoms with Gasteiger partial charge in [-0.05, 0) is 57.1 Å². The van der Waals surface area contributed by atoms with Gasteiger partial charge in [0.2, 0.25) is 0 Å². The third-order valence-electron chi connectivity index (χ3n) is 5.22. The summed E-state index contributed by atoms with van der Waals surface area (Å²) in [7, 11) is -10.1. The highest BCUT2D eigenvalue weighted by atomic mass is 32.3. The molecule has 0 N–H and O–H groups in total. The third kappa shape index (κ3) is 5.15. The van der Waals surface area contributed by atoms with Crippen LogP contribution in [0, 0.1) is 0 Å². The van der Waals surface area contributed by atoms with Crippen LogP contribution >= 0.6 is 21.6 Å². The molecule has 0 saturated heterocycles. The molecule has 3 aromatic carbocycles. The van der Waals surface area contributed by atoms with Crippen LogP contribution in [0.25, 0.3) is 11.1 Å². The zero-order valence-corrected chi connectivity index (χ0v) is 21.1. The van der Waals surface area contributed by atoms with Crippen molar-refractivity contribution in [3.05, 3.63) is 102 Å². The minimum atomic E-state index is -6.48. The van der Waals surface area contributed by atoms with Gasteiger partial charge in [-0.2, -0.15) is 30.4 Å². The van der Waals surface area contributed by atoms with Gasteiger partial charge < -0.3 is 0 Å². The SMILES string of the molecule is O=S(=O)(OS(c1ccccc1)(c1ccccc1)c1cc(-c2ccccc2)cs1)C(F)(F)C(F)C(F)(F)F. The van der Waals surface area contributed by atoms with E-state index < -0.39 is 38.0 Å². The van der Waals surface area contributed by atoms with Crippen molar-refractivity contribution in [2.75, 3.05) is 0 Å². The summed E-state index contributed by atoms with van der Waals surface area (Å²) in [6.07, 6.45) is -11.1. The Morgan fingerprint density at radius 1 is 0.703 bits per heavy atom. The molecule has 0 aliphatic carbocycles. The molecule has 0 saturated carbocycles. The van der Waals surface area contributed by atoms with Crippen LogP contribution in [-0.2, 0) is 13.7 Å². The van der Waals surface area contributed by atoms with Crippen LogP contribution < -0.4 is 0 Å². The molecule has 1 heterocycles. The minimum absolute atomic E-state index is 0.115. The average Bonchev–Trinajstić information content (AvgIpc) is 3.38. The highest BCUT2D eigenvalue weighted by molar-refractivity contribution is 8.34. The molecule has 37 heavy (non-hydrogen) atoms. The zero-order chi connectivity index (χ0) is 26.9. The van der Waals surface area contributed by atoms with Crippen molar-refractivity contribution in [2.24, 2.45) is 0 Å². The number of benzene rings is 3. The normalized spacial score (nSPS) is 14.3. The first-order chi connectivity index (χ1) is 17.4. The maximum atomic E-state index is 14.6. The van der Waals surface area contributed by atoms with E-state index in [0.29, 0.717) is 5.56 Å². The molecule has 1 unspecified atom stereocenters. The monoisotopic (exact) mass is 576 g/mol. The second-order valence-electron chi connectivity index (χ2n) is 7.69. The molecule has 12 heteroatoms. The maximum Gasteiger partial charge on any atom is 0.426 e. The number of hydrogen-bond acceptors (Lipinski definition) is 4. The lowest BCUT2D eigenvalue weighted by atomic mass is 10.1. The first kappa shape index (κ1) is 27.2. The fraction of sp³-hybridized carbons (Fsp3) is 0.120. The molecule has 1 atom stereocenters. The first-order valence-electron chi connectivity index (χ1n) is 10.5. The second-order valence-corrected chi connectivity index (χ2v) is 13.4. The lowest BCUT2D eigenvalue weighted by molar-refractivity contribution is -0.222. The molecule has 3 nitrogen and oxygen atoms in total. The van der Waals surface area contributed by atoms with Crippen LogP contribution in [0.5, 0.6) is 0 Å². The summed E-state index contributed by atoms with van der Waals surface area (Å²) in [5.74, 6) is 0. The van der Waals surface area contributed by atoms with E-state index in [1.807, 2.05) is 0 Å². The van der Waals surface area contributed by atoms with Crippen molar-refractivity contribution in [1.29, 1.82) is 0 Å². The molecule has 0 radical (unpaired) electrons. The van der Waals surface area contributed by atoms with Gasteiger partial charge in [-0.3, -0.25) is 0 Å². The van der Waals surface area contributed by atoms with E-state index in [1.54, 1.807) is 53.9 Å². The Hall–Kier alpha value is -2.80. The van der Waals surface area contributed by atoms with E-state index in [9.17, 15) is 34.8 Å². The molecule has 0 spiro atoms. The van der Waals surface area contributed by atoms with Crippen LogP contribution in [0.2, 0.25) is 0 Å². The predicted octanol–water partition coefficient (Wildman–Crippen LogP) is 8.45. The van der Waals surface area contributed by atoms with Gasteiger partial charge in [0.25, 0.3) is 6.17 Å². The predicted molar refractivity (Wildman–Crippen MR) is 131 cm³/mol. The van der Waals surface area contributed by atoms with Gasteiger partial charge in [-0.15, -0.1) is 11.3 Å². The van der Waals surface area contributed by atoms with Crippen LogP contribution in [0.1, 0.15) is 0 Å². The molecule has 0 amide bonds. The van der Waals surface area contributed by atoms with Crippen LogP contribution in [-0.4, -0.2) is 26.0 Å². The standard InChI is InChI=1S/C25H18F6O3S3/c26-23(24(27,28)29)25(30,31)37(32,33)34-36(20-12-6-2-7-13-20,21-14-8-3-9-15-21)22-16-19(17-35-22)18-10-4-1-5-11-18/h1-17,23H. The summed E-state index contributed by atoms with van der Waals surface area (Å²) in [6.45, 7) is 0. The molecule has 0 fully saturated rings. The quantitative estimate of drug-likeness (QED) is 0.198. The summed E-state index contributed by atoms with van der Waals surface area (Å²) in [6, 6.07) is 25.3. The van der Waals surface area contributed by atoms with Crippen LogP contribution in [0.3, 0.4) is 0 Å². The van der Waals surface area contributed by atoms with E-state index in [1.165, 1.54) is 48.5 Å². The molecule has 1 aromatic heterocycles. The Kier molecular flexibility index (Phi) is 7.48. The van der Waals surface area contributed by atoms with Gasteiger partial charge in [0, 0.05) is 9.79 Å². The number of alkyl halides is 6. The number of halogens is 6. The fourth-order valence-corrected chi connectivity index (χ4v) is 10.4. The Bertz CT molecular complexity index is 1400. The van der Waals surface area contributed by atoms with Gasteiger partial charge in [0.1, 0.15) is 0 Å². The summed E-state index contributed by atoms with van der Waals surface area (Å²) in [4.78, 5) is 0.230. The van der Waals surface area contributed by atoms with Crippen molar-refractivity contribution in [3.8, 4) is 11.1 Å². The summed E-state index contributed by atoms with van der Waals surface area (Å²) in [5.41, 5.74) is 1.34. The second kappa shape index (κ2) is 10.2. The minimum Gasteiger partial charge on any atom is -0.229 e. The van der Waals surface area contributed by atoms with Crippen LogP contribution in [0.4, 0.5) is 26.3 Å². The number of hydrogen-bond donors (Lipinski definition) is 0. The van der Waals surface area contributed by atoms with Gasteiger partial charge >= 0.3 is 21.5 Å². The highest BCUT2D eigenvalue weighted by Gasteiger charge is 2.66. The molecule has 4 rings (SSSR count). The summed E-state index contributed by atoms with van der Waals surface area (Å²) < 4.78 is 113. The Labute approximate surface area is 215 Å². The number of rotatable bonds is 8. The van der Waals surface area contributed by atoms with Gasteiger partial charge in [-0.25, -0.2) is 8.02 Å². The molecule has 0 aliphatic rings. The number of thiophene rings is 1. The Morgan fingerprint density at radius 2 is 1.16 bits per heavy atom.